The van der Waals surface area contributed by atoms with Crippen LogP contribution < -0.4 is 10.5 Å². The van der Waals surface area contributed by atoms with E-state index < -0.39 is 0 Å². The van der Waals surface area contributed by atoms with Gasteiger partial charge >= 0.3 is 0 Å². The van der Waals surface area contributed by atoms with E-state index >= 15 is 0 Å². The fraction of sp³-hybridized carbons (Fsp3) is 0.769. The van der Waals surface area contributed by atoms with Crippen molar-refractivity contribution >= 4 is 0 Å². The first kappa shape index (κ1) is 12.4. The van der Waals surface area contributed by atoms with Crippen LogP contribution in [0.25, 0.3) is 0 Å². The quantitative estimate of drug-likeness (QED) is 0.878. The Labute approximate surface area is 103 Å². The van der Waals surface area contributed by atoms with Crippen molar-refractivity contribution in [2.75, 3.05) is 6.61 Å². The van der Waals surface area contributed by atoms with Gasteiger partial charge in [0, 0.05) is 6.04 Å². The van der Waals surface area contributed by atoms with E-state index in [9.17, 15) is 0 Å². The summed E-state index contributed by atoms with van der Waals surface area (Å²) in [4.78, 5) is 0. The molecule has 0 radical (unpaired) electrons. The van der Waals surface area contributed by atoms with Gasteiger partial charge in [0.2, 0.25) is 0 Å². The van der Waals surface area contributed by atoms with Gasteiger partial charge in [-0.1, -0.05) is 20.3 Å². The van der Waals surface area contributed by atoms with Gasteiger partial charge in [0.05, 0.1) is 25.0 Å². The van der Waals surface area contributed by atoms with Crippen molar-refractivity contribution in [2.24, 2.45) is 11.1 Å². The number of ether oxygens (including phenoxy) is 1. The average Bonchev–Trinajstić information content (AvgIpc) is 2.71. The number of nitrogens with two attached hydrogens (primary N) is 1. The molecule has 0 aliphatic heterocycles. The molecule has 0 aromatic carbocycles. The van der Waals surface area contributed by atoms with Gasteiger partial charge in [-0.15, -0.1) is 0 Å². The highest BCUT2D eigenvalue weighted by Crippen LogP contribution is 2.40. The van der Waals surface area contributed by atoms with Crippen LogP contribution in [0.4, 0.5) is 0 Å². The van der Waals surface area contributed by atoms with Crippen LogP contribution in [0.5, 0.6) is 5.75 Å². The SMILES string of the molecule is CCOc1cnn(C2CCCC(C)(C)C2N)c1. The van der Waals surface area contributed by atoms with Crippen LogP contribution in [0.2, 0.25) is 0 Å². The molecule has 1 aromatic rings. The van der Waals surface area contributed by atoms with Crippen molar-refractivity contribution in [1.82, 2.24) is 9.78 Å². The van der Waals surface area contributed by atoms with Crippen LogP contribution in [-0.2, 0) is 0 Å². The maximum absolute atomic E-state index is 6.37. The second-order valence-corrected chi connectivity index (χ2v) is 5.56. The van der Waals surface area contributed by atoms with Gasteiger partial charge in [0.1, 0.15) is 0 Å². The Bertz CT molecular complexity index is 372. The number of hydrogen-bond acceptors (Lipinski definition) is 3. The highest BCUT2D eigenvalue weighted by Gasteiger charge is 2.37. The van der Waals surface area contributed by atoms with Gasteiger partial charge in [-0.25, -0.2) is 0 Å². The molecule has 2 atom stereocenters. The number of rotatable bonds is 3. The molecule has 4 nitrogen and oxygen atoms in total. The summed E-state index contributed by atoms with van der Waals surface area (Å²) in [6, 6.07) is 0.457. The van der Waals surface area contributed by atoms with Gasteiger partial charge in [0.15, 0.2) is 5.75 Å². The minimum absolute atomic E-state index is 0.158. The molecular formula is C13H23N3O. The molecule has 2 N–H and O–H groups in total. The highest BCUT2D eigenvalue weighted by atomic mass is 16.5. The van der Waals surface area contributed by atoms with Crippen LogP contribution in [-0.4, -0.2) is 22.4 Å². The Morgan fingerprint density at radius 2 is 2.35 bits per heavy atom. The number of aromatic nitrogens is 2. The third kappa shape index (κ3) is 2.46. The second-order valence-electron chi connectivity index (χ2n) is 5.56. The fourth-order valence-corrected chi connectivity index (χ4v) is 2.67. The lowest BCUT2D eigenvalue weighted by molar-refractivity contribution is 0.135. The summed E-state index contributed by atoms with van der Waals surface area (Å²) in [6.07, 6.45) is 7.27. The molecule has 1 aliphatic rings. The van der Waals surface area contributed by atoms with Crippen molar-refractivity contribution in [3.8, 4) is 5.75 Å². The summed E-state index contributed by atoms with van der Waals surface area (Å²) in [5, 5.41) is 4.39. The summed E-state index contributed by atoms with van der Waals surface area (Å²) in [7, 11) is 0. The molecular weight excluding hydrogens is 214 g/mol. The maximum Gasteiger partial charge on any atom is 0.157 e. The van der Waals surface area contributed by atoms with E-state index in [-0.39, 0.29) is 11.5 Å². The molecule has 0 saturated heterocycles. The van der Waals surface area contributed by atoms with E-state index in [0.717, 1.165) is 12.2 Å². The smallest absolute Gasteiger partial charge is 0.157 e. The molecule has 1 fully saturated rings. The fourth-order valence-electron chi connectivity index (χ4n) is 2.67. The zero-order valence-corrected chi connectivity index (χ0v) is 11.0. The van der Waals surface area contributed by atoms with Crippen LogP contribution in [0.15, 0.2) is 12.4 Å². The minimum Gasteiger partial charge on any atom is -0.491 e. The van der Waals surface area contributed by atoms with Crippen molar-refractivity contribution in [3.63, 3.8) is 0 Å². The van der Waals surface area contributed by atoms with Gasteiger partial charge < -0.3 is 10.5 Å². The van der Waals surface area contributed by atoms with Gasteiger partial charge in [0.25, 0.3) is 0 Å². The summed E-state index contributed by atoms with van der Waals surface area (Å²) < 4.78 is 7.42. The lowest BCUT2D eigenvalue weighted by Gasteiger charge is -2.41. The minimum atomic E-state index is 0.158. The molecule has 0 spiro atoms. The van der Waals surface area contributed by atoms with E-state index in [0.29, 0.717) is 12.6 Å². The molecule has 4 heteroatoms. The van der Waals surface area contributed by atoms with Crippen LogP contribution in [0.1, 0.15) is 46.1 Å². The zero-order valence-electron chi connectivity index (χ0n) is 11.0. The molecule has 1 heterocycles. The van der Waals surface area contributed by atoms with E-state index in [1.807, 2.05) is 17.8 Å². The standard InChI is InChI=1S/C13H23N3O/c1-4-17-10-8-15-16(9-10)11-6-5-7-13(2,3)12(11)14/h8-9,11-12H,4-7,14H2,1-3H3. The van der Waals surface area contributed by atoms with Gasteiger partial charge in [-0.05, 0) is 25.2 Å². The third-order valence-corrected chi connectivity index (χ3v) is 3.87. The average molecular weight is 237 g/mol. The third-order valence-electron chi connectivity index (χ3n) is 3.87. The Hall–Kier alpha value is -1.03. The zero-order chi connectivity index (χ0) is 12.5. The van der Waals surface area contributed by atoms with Crippen molar-refractivity contribution in [2.45, 2.75) is 52.1 Å². The Morgan fingerprint density at radius 1 is 1.59 bits per heavy atom. The molecule has 2 rings (SSSR count). The van der Waals surface area contributed by atoms with Gasteiger partial charge in [-0.3, -0.25) is 4.68 Å². The maximum atomic E-state index is 6.37. The molecule has 0 bridgehead atoms. The summed E-state index contributed by atoms with van der Waals surface area (Å²) in [6.45, 7) is 7.15. The summed E-state index contributed by atoms with van der Waals surface area (Å²) >= 11 is 0. The largest absolute Gasteiger partial charge is 0.491 e. The lowest BCUT2D eigenvalue weighted by Crippen LogP contribution is -2.47. The van der Waals surface area contributed by atoms with Crippen molar-refractivity contribution in [3.05, 3.63) is 12.4 Å². The lowest BCUT2D eigenvalue weighted by atomic mass is 9.71. The predicted molar refractivity (Wildman–Crippen MR) is 68.0 cm³/mol. The molecule has 1 aliphatic carbocycles. The molecule has 96 valence electrons. The summed E-state index contributed by atoms with van der Waals surface area (Å²) in [5.74, 6) is 0.836. The number of hydrogen-bond donors (Lipinski definition) is 1. The van der Waals surface area contributed by atoms with E-state index in [2.05, 4.69) is 18.9 Å². The molecule has 2 unspecified atom stereocenters. The van der Waals surface area contributed by atoms with Crippen LogP contribution in [0.3, 0.4) is 0 Å². The van der Waals surface area contributed by atoms with E-state index in [1.54, 1.807) is 6.20 Å². The summed E-state index contributed by atoms with van der Waals surface area (Å²) in [5.41, 5.74) is 6.57. The van der Waals surface area contributed by atoms with Crippen molar-refractivity contribution < 1.29 is 4.74 Å². The van der Waals surface area contributed by atoms with E-state index in [1.165, 1.54) is 12.8 Å². The number of nitrogens with zero attached hydrogens (tertiary/aromatic N) is 2. The molecule has 0 amide bonds. The topological polar surface area (TPSA) is 53.1 Å². The monoisotopic (exact) mass is 237 g/mol. The molecule has 1 saturated carbocycles. The Balaban J connectivity index is 2.15. The molecule has 17 heavy (non-hydrogen) atoms. The Morgan fingerprint density at radius 3 is 3.06 bits per heavy atom. The van der Waals surface area contributed by atoms with Crippen molar-refractivity contribution in [1.29, 1.82) is 0 Å². The first-order chi connectivity index (χ1) is 8.04. The normalized spacial score (nSPS) is 28.0. The predicted octanol–water partition coefficient (Wildman–Crippen LogP) is 2.36. The van der Waals surface area contributed by atoms with Crippen LogP contribution >= 0.6 is 0 Å². The van der Waals surface area contributed by atoms with E-state index in [4.69, 9.17) is 10.5 Å². The highest BCUT2D eigenvalue weighted by molar-refractivity contribution is 5.13. The second kappa shape index (κ2) is 4.69. The van der Waals surface area contributed by atoms with Crippen LogP contribution in [0, 0.1) is 5.41 Å². The Kier molecular flexibility index (Phi) is 3.43. The first-order valence-corrected chi connectivity index (χ1v) is 6.47. The first-order valence-electron chi connectivity index (χ1n) is 6.47. The molecule has 1 aromatic heterocycles. The van der Waals surface area contributed by atoms with Gasteiger partial charge in [-0.2, -0.15) is 5.10 Å².